The van der Waals surface area contributed by atoms with E-state index in [1.807, 2.05) is 32.0 Å². The van der Waals surface area contributed by atoms with Gasteiger partial charge in [-0.05, 0) is 50.5 Å². The van der Waals surface area contributed by atoms with E-state index in [2.05, 4.69) is 15.5 Å². The molecular weight excluding hydrogens is 326 g/mol. The van der Waals surface area contributed by atoms with Crippen molar-refractivity contribution in [2.24, 2.45) is 0 Å². The number of amides is 1. The molecule has 1 aromatic heterocycles. The second kappa shape index (κ2) is 7.17. The van der Waals surface area contributed by atoms with Gasteiger partial charge in [-0.3, -0.25) is 9.89 Å². The van der Waals surface area contributed by atoms with E-state index in [0.29, 0.717) is 17.8 Å². The Morgan fingerprint density at radius 3 is 2.58 bits per heavy atom. The third-order valence-corrected chi connectivity index (χ3v) is 4.90. The lowest BCUT2D eigenvalue weighted by atomic mass is 10.0. The Labute approximate surface area is 142 Å². The summed E-state index contributed by atoms with van der Waals surface area (Å²) in [5, 5.41) is 9.70. The first-order valence-electron chi connectivity index (χ1n) is 7.77. The van der Waals surface area contributed by atoms with E-state index < -0.39 is 9.84 Å². The third-order valence-electron chi connectivity index (χ3n) is 3.92. The van der Waals surface area contributed by atoms with Gasteiger partial charge in [-0.15, -0.1) is 0 Å². The summed E-state index contributed by atoms with van der Waals surface area (Å²) >= 11 is 0. The van der Waals surface area contributed by atoms with Crippen LogP contribution < -0.4 is 5.32 Å². The van der Waals surface area contributed by atoms with Crippen LogP contribution in [0.5, 0.6) is 0 Å². The number of aromatic nitrogens is 2. The number of H-pyrrole nitrogens is 1. The van der Waals surface area contributed by atoms with Gasteiger partial charge in [0, 0.05) is 17.9 Å². The summed E-state index contributed by atoms with van der Waals surface area (Å²) in [6, 6.07) is 7.48. The van der Waals surface area contributed by atoms with Crippen LogP contribution in [0.25, 0.3) is 11.3 Å². The average molecular weight is 349 g/mol. The molecule has 130 valence electrons. The number of carbonyl (C=O) groups excluding carboxylic acids is 1. The lowest BCUT2D eigenvalue weighted by molar-refractivity contribution is 0.0934. The van der Waals surface area contributed by atoms with Crippen LogP contribution in [-0.4, -0.2) is 42.6 Å². The standard InChI is InChI=1S/C17H23N3O3S/c1-11-5-6-14(9-12(11)2)15-10-16(20-19-15)17(21)18-13(3)7-8-24(4,22)23/h5-6,9-10,13H,7-8H2,1-4H3,(H,18,21)(H,19,20)/t13-/m1/s1. The monoisotopic (exact) mass is 349 g/mol. The number of hydrogen-bond donors (Lipinski definition) is 2. The second-order valence-electron chi connectivity index (χ2n) is 6.26. The summed E-state index contributed by atoms with van der Waals surface area (Å²) in [5.74, 6) is -0.246. The number of sulfone groups is 1. The van der Waals surface area contributed by atoms with Crippen LogP contribution in [0.4, 0.5) is 0 Å². The van der Waals surface area contributed by atoms with Gasteiger partial charge < -0.3 is 5.32 Å². The lowest BCUT2D eigenvalue weighted by Gasteiger charge is -2.12. The molecule has 0 saturated heterocycles. The minimum atomic E-state index is -3.03. The van der Waals surface area contributed by atoms with Crippen molar-refractivity contribution in [1.29, 1.82) is 0 Å². The van der Waals surface area contributed by atoms with Crippen molar-refractivity contribution in [2.45, 2.75) is 33.2 Å². The second-order valence-corrected chi connectivity index (χ2v) is 8.52. The summed E-state index contributed by atoms with van der Waals surface area (Å²) in [4.78, 5) is 12.2. The van der Waals surface area contributed by atoms with Gasteiger partial charge in [0.2, 0.25) is 0 Å². The van der Waals surface area contributed by atoms with E-state index in [1.165, 1.54) is 11.8 Å². The van der Waals surface area contributed by atoms with E-state index in [-0.39, 0.29) is 17.7 Å². The van der Waals surface area contributed by atoms with Crippen molar-refractivity contribution in [3.05, 3.63) is 41.1 Å². The summed E-state index contributed by atoms with van der Waals surface area (Å²) in [5.41, 5.74) is 4.36. The summed E-state index contributed by atoms with van der Waals surface area (Å²) in [6.07, 6.45) is 1.56. The normalized spacial score (nSPS) is 12.8. The molecule has 0 unspecified atom stereocenters. The molecule has 0 saturated carbocycles. The maximum atomic E-state index is 12.2. The minimum absolute atomic E-state index is 0.0469. The fourth-order valence-electron chi connectivity index (χ4n) is 2.25. The van der Waals surface area contributed by atoms with E-state index in [4.69, 9.17) is 0 Å². The number of aryl methyl sites for hydroxylation is 2. The molecule has 0 radical (unpaired) electrons. The van der Waals surface area contributed by atoms with Crippen molar-refractivity contribution in [2.75, 3.05) is 12.0 Å². The fourth-order valence-corrected chi connectivity index (χ4v) is 3.03. The van der Waals surface area contributed by atoms with Crippen molar-refractivity contribution in [3.8, 4) is 11.3 Å². The molecule has 1 amide bonds. The van der Waals surface area contributed by atoms with Crippen molar-refractivity contribution in [1.82, 2.24) is 15.5 Å². The first kappa shape index (κ1) is 18.2. The van der Waals surface area contributed by atoms with Crippen molar-refractivity contribution >= 4 is 15.7 Å². The highest BCUT2D eigenvalue weighted by atomic mass is 32.2. The smallest absolute Gasteiger partial charge is 0.269 e. The molecule has 2 rings (SSSR count). The molecule has 1 heterocycles. The molecule has 0 spiro atoms. The Morgan fingerprint density at radius 2 is 1.96 bits per heavy atom. The van der Waals surface area contributed by atoms with Crippen LogP contribution in [0.1, 0.15) is 35.0 Å². The van der Waals surface area contributed by atoms with Gasteiger partial charge in [0.15, 0.2) is 0 Å². The Morgan fingerprint density at radius 1 is 1.25 bits per heavy atom. The number of benzene rings is 1. The number of nitrogens with zero attached hydrogens (tertiary/aromatic N) is 1. The third kappa shape index (κ3) is 4.92. The number of hydrogen-bond acceptors (Lipinski definition) is 4. The van der Waals surface area contributed by atoms with Crippen LogP contribution in [0.3, 0.4) is 0 Å². The Hall–Kier alpha value is -2.15. The highest BCUT2D eigenvalue weighted by molar-refractivity contribution is 7.90. The molecule has 0 fully saturated rings. The highest BCUT2D eigenvalue weighted by Crippen LogP contribution is 2.20. The molecule has 6 nitrogen and oxygen atoms in total. The topological polar surface area (TPSA) is 91.9 Å². The molecule has 0 aliphatic carbocycles. The SMILES string of the molecule is Cc1ccc(-c2cc(C(=O)N[C@H](C)CCS(C)(=O)=O)[nH]n2)cc1C. The fraction of sp³-hybridized carbons (Fsp3) is 0.412. The van der Waals surface area contributed by atoms with E-state index in [9.17, 15) is 13.2 Å². The molecule has 24 heavy (non-hydrogen) atoms. The van der Waals surface area contributed by atoms with Gasteiger partial charge in [-0.2, -0.15) is 5.10 Å². The van der Waals surface area contributed by atoms with Gasteiger partial charge in [0.25, 0.3) is 5.91 Å². The van der Waals surface area contributed by atoms with Gasteiger partial charge in [0.05, 0.1) is 11.4 Å². The number of aromatic amines is 1. The first-order valence-corrected chi connectivity index (χ1v) is 9.83. The van der Waals surface area contributed by atoms with Crippen LogP contribution in [-0.2, 0) is 9.84 Å². The van der Waals surface area contributed by atoms with Crippen LogP contribution in [0.15, 0.2) is 24.3 Å². The molecule has 2 aromatic rings. The van der Waals surface area contributed by atoms with Gasteiger partial charge in [-0.1, -0.05) is 12.1 Å². The van der Waals surface area contributed by atoms with Crippen molar-refractivity contribution < 1.29 is 13.2 Å². The number of carbonyl (C=O) groups is 1. The van der Waals surface area contributed by atoms with Crippen LogP contribution in [0.2, 0.25) is 0 Å². The summed E-state index contributed by atoms with van der Waals surface area (Å²) in [6.45, 7) is 5.85. The largest absolute Gasteiger partial charge is 0.348 e. The maximum Gasteiger partial charge on any atom is 0.269 e. The zero-order chi connectivity index (χ0) is 17.9. The molecule has 0 aliphatic rings. The van der Waals surface area contributed by atoms with Gasteiger partial charge in [-0.25, -0.2) is 8.42 Å². The Bertz CT molecular complexity index is 841. The zero-order valence-electron chi connectivity index (χ0n) is 14.4. The summed E-state index contributed by atoms with van der Waals surface area (Å²) in [7, 11) is -3.03. The summed E-state index contributed by atoms with van der Waals surface area (Å²) < 4.78 is 22.3. The first-order chi connectivity index (χ1) is 11.2. The molecule has 0 aliphatic heterocycles. The Balaban J connectivity index is 2.04. The quantitative estimate of drug-likeness (QED) is 0.836. The number of nitrogens with one attached hydrogen (secondary N) is 2. The molecule has 0 bridgehead atoms. The Kier molecular flexibility index (Phi) is 5.43. The maximum absolute atomic E-state index is 12.2. The molecule has 1 aromatic carbocycles. The molecular formula is C17H23N3O3S. The van der Waals surface area contributed by atoms with Crippen LogP contribution in [0, 0.1) is 13.8 Å². The van der Waals surface area contributed by atoms with Gasteiger partial charge >= 0.3 is 0 Å². The predicted molar refractivity (Wildman–Crippen MR) is 94.8 cm³/mol. The number of rotatable bonds is 6. The van der Waals surface area contributed by atoms with Gasteiger partial charge in [0.1, 0.15) is 15.5 Å². The molecule has 2 N–H and O–H groups in total. The van der Waals surface area contributed by atoms with E-state index >= 15 is 0 Å². The highest BCUT2D eigenvalue weighted by Gasteiger charge is 2.15. The van der Waals surface area contributed by atoms with E-state index in [1.54, 1.807) is 13.0 Å². The molecule has 1 atom stereocenters. The van der Waals surface area contributed by atoms with E-state index in [0.717, 1.165) is 11.1 Å². The van der Waals surface area contributed by atoms with Crippen LogP contribution >= 0.6 is 0 Å². The minimum Gasteiger partial charge on any atom is -0.348 e. The predicted octanol–water partition coefficient (Wildman–Crippen LogP) is 2.25. The molecule has 7 heteroatoms. The lowest BCUT2D eigenvalue weighted by Crippen LogP contribution is -2.34. The van der Waals surface area contributed by atoms with Crippen molar-refractivity contribution in [3.63, 3.8) is 0 Å². The average Bonchev–Trinajstić information content (AvgIpc) is 2.97. The zero-order valence-corrected chi connectivity index (χ0v) is 15.2.